The van der Waals surface area contributed by atoms with Crippen molar-refractivity contribution in [2.24, 2.45) is 5.92 Å². The van der Waals surface area contributed by atoms with E-state index in [0.717, 1.165) is 16.7 Å². The molecule has 1 atom stereocenters. The average Bonchev–Trinajstić information content (AvgIpc) is 2.39. The maximum Gasteiger partial charge on any atom is 0.308 e. The first-order chi connectivity index (χ1) is 9.35. The second kappa shape index (κ2) is 7.08. The van der Waals surface area contributed by atoms with Gasteiger partial charge in [-0.15, -0.1) is 0 Å². The molecule has 0 aliphatic rings. The van der Waals surface area contributed by atoms with Crippen LogP contribution < -0.4 is 0 Å². The summed E-state index contributed by atoms with van der Waals surface area (Å²) in [6.45, 7) is 8.26. The second-order valence-electron chi connectivity index (χ2n) is 5.28. The highest BCUT2D eigenvalue weighted by atomic mass is 16.4. The minimum Gasteiger partial charge on any atom is -0.481 e. The Kier molecular flexibility index (Phi) is 5.74. The molecule has 1 N–H and O–H groups in total. The maximum atomic E-state index is 12.3. The first-order valence-corrected chi connectivity index (χ1v) is 6.91. The molecule has 0 aliphatic heterocycles. The molecule has 0 aliphatic carbocycles. The molecule has 4 heteroatoms. The van der Waals surface area contributed by atoms with Crippen LogP contribution in [0.3, 0.4) is 0 Å². The number of benzene rings is 1. The Morgan fingerprint density at radius 2 is 1.95 bits per heavy atom. The van der Waals surface area contributed by atoms with Crippen LogP contribution in [0.25, 0.3) is 0 Å². The summed E-state index contributed by atoms with van der Waals surface area (Å²) in [5.41, 5.74) is 3.23. The number of nitrogens with zero attached hydrogens (tertiary/aromatic N) is 1. The molecule has 1 aromatic carbocycles. The molecule has 0 saturated heterocycles. The smallest absolute Gasteiger partial charge is 0.308 e. The van der Waals surface area contributed by atoms with E-state index in [1.54, 1.807) is 11.8 Å². The van der Waals surface area contributed by atoms with Crippen molar-refractivity contribution < 1.29 is 14.7 Å². The number of carbonyl (C=O) groups is 2. The minimum absolute atomic E-state index is 0.0192. The average molecular weight is 277 g/mol. The highest BCUT2D eigenvalue weighted by Gasteiger charge is 2.19. The van der Waals surface area contributed by atoms with Crippen LogP contribution in [0.4, 0.5) is 0 Å². The van der Waals surface area contributed by atoms with Crippen molar-refractivity contribution in [3.8, 4) is 0 Å². The standard InChI is InChI=1S/C16H23NO3/c1-5-17(10-13(4)16(19)20)15(18)9-14-8-11(2)6-7-12(14)3/h6-8,13H,5,9-10H2,1-4H3,(H,19,20). The normalized spacial score (nSPS) is 12.0. The van der Waals surface area contributed by atoms with Gasteiger partial charge in [0.05, 0.1) is 12.3 Å². The number of aliphatic carboxylic acids is 1. The molecule has 1 amide bonds. The lowest BCUT2D eigenvalue weighted by Crippen LogP contribution is -2.37. The molecule has 0 fully saturated rings. The molecule has 0 spiro atoms. The summed E-state index contributed by atoms with van der Waals surface area (Å²) in [5, 5.41) is 8.94. The van der Waals surface area contributed by atoms with E-state index in [4.69, 9.17) is 5.11 Å². The zero-order valence-corrected chi connectivity index (χ0v) is 12.6. The third-order valence-corrected chi connectivity index (χ3v) is 3.50. The van der Waals surface area contributed by atoms with Crippen LogP contribution in [0.2, 0.25) is 0 Å². The second-order valence-corrected chi connectivity index (χ2v) is 5.28. The van der Waals surface area contributed by atoms with Crippen LogP contribution in [0, 0.1) is 19.8 Å². The maximum absolute atomic E-state index is 12.3. The van der Waals surface area contributed by atoms with E-state index in [9.17, 15) is 9.59 Å². The molecule has 1 unspecified atom stereocenters. The Morgan fingerprint density at radius 3 is 2.50 bits per heavy atom. The largest absolute Gasteiger partial charge is 0.481 e. The van der Waals surface area contributed by atoms with Crippen LogP contribution >= 0.6 is 0 Å². The van der Waals surface area contributed by atoms with Crippen LogP contribution in [0.1, 0.15) is 30.5 Å². The number of rotatable bonds is 6. The monoisotopic (exact) mass is 277 g/mol. The van der Waals surface area contributed by atoms with Crippen molar-refractivity contribution in [1.82, 2.24) is 4.90 Å². The van der Waals surface area contributed by atoms with E-state index in [1.165, 1.54) is 0 Å². The number of carboxylic acid groups (broad SMARTS) is 1. The van der Waals surface area contributed by atoms with Gasteiger partial charge in [0, 0.05) is 13.1 Å². The molecular weight excluding hydrogens is 254 g/mol. The molecule has 0 aromatic heterocycles. The predicted molar refractivity (Wildman–Crippen MR) is 78.7 cm³/mol. The Bertz CT molecular complexity index is 496. The summed E-state index contributed by atoms with van der Waals surface area (Å²) in [6, 6.07) is 6.04. The van der Waals surface area contributed by atoms with Crippen molar-refractivity contribution in [3.05, 3.63) is 34.9 Å². The topological polar surface area (TPSA) is 57.6 Å². The van der Waals surface area contributed by atoms with E-state index in [2.05, 4.69) is 0 Å². The van der Waals surface area contributed by atoms with Gasteiger partial charge in [-0.3, -0.25) is 9.59 Å². The lowest BCUT2D eigenvalue weighted by atomic mass is 10.0. The van der Waals surface area contributed by atoms with E-state index < -0.39 is 11.9 Å². The lowest BCUT2D eigenvalue weighted by molar-refractivity contribution is -0.142. The molecule has 4 nitrogen and oxygen atoms in total. The molecule has 1 aromatic rings. The fourth-order valence-corrected chi connectivity index (χ4v) is 2.08. The number of carboxylic acids is 1. The first kappa shape index (κ1) is 16.2. The third kappa shape index (κ3) is 4.37. The minimum atomic E-state index is -0.872. The molecule has 110 valence electrons. The molecule has 0 radical (unpaired) electrons. The number of amides is 1. The van der Waals surface area contributed by atoms with E-state index in [1.807, 2.05) is 39.0 Å². The van der Waals surface area contributed by atoms with Gasteiger partial charge in [0.25, 0.3) is 0 Å². The summed E-state index contributed by atoms with van der Waals surface area (Å²) in [7, 11) is 0. The highest BCUT2D eigenvalue weighted by Crippen LogP contribution is 2.13. The van der Waals surface area contributed by atoms with Crippen molar-refractivity contribution >= 4 is 11.9 Å². The first-order valence-electron chi connectivity index (χ1n) is 6.91. The summed E-state index contributed by atoms with van der Waals surface area (Å²) >= 11 is 0. The van der Waals surface area contributed by atoms with Crippen LogP contribution in [-0.4, -0.2) is 35.0 Å². The number of aryl methyl sites for hydroxylation is 2. The predicted octanol–water partition coefficient (Wildman–Crippen LogP) is 2.42. The Labute approximate surface area is 120 Å². The van der Waals surface area contributed by atoms with E-state index in [0.29, 0.717) is 13.0 Å². The molecule has 0 bridgehead atoms. The summed E-state index contributed by atoms with van der Waals surface area (Å²) in [4.78, 5) is 24.8. The van der Waals surface area contributed by atoms with Gasteiger partial charge in [-0.05, 0) is 31.9 Å². The number of likely N-dealkylation sites (N-methyl/N-ethyl adjacent to an activating group) is 1. The molecule has 0 heterocycles. The summed E-state index contributed by atoms with van der Waals surface area (Å²) in [6.07, 6.45) is 0.327. The van der Waals surface area contributed by atoms with Crippen LogP contribution in [0.15, 0.2) is 18.2 Å². The van der Waals surface area contributed by atoms with Gasteiger partial charge in [-0.25, -0.2) is 0 Å². The SMILES string of the molecule is CCN(CC(C)C(=O)O)C(=O)Cc1cc(C)ccc1C. The van der Waals surface area contributed by atoms with Gasteiger partial charge in [0.1, 0.15) is 0 Å². The summed E-state index contributed by atoms with van der Waals surface area (Å²) < 4.78 is 0. The van der Waals surface area contributed by atoms with Gasteiger partial charge >= 0.3 is 5.97 Å². The van der Waals surface area contributed by atoms with E-state index >= 15 is 0 Å². The fourth-order valence-electron chi connectivity index (χ4n) is 2.08. The van der Waals surface area contributed by atoms with E-state index in [-0.39, 0.29) is 12.5 Å². The zero-order valence-electron chi connectivity index (χ0n) is 12.6. The van der Waals surface area contributed by atoms with Crippen molar-refractivity contribution in [3.63, 3.8) is 0 Å². The number of carbonyl (C=O) groups excluding carboxylic acids is 1. The highest BCUT2D eigenvalue weighted by molar-refractivity contribution is 5.80. The van der Waals surface area contributed by atoms with Gasteiger partial charge in [-0.2, -0.15) is 0 Å². The Hall–Kier alpha value is -1.84. The quantitative estimate of drug-likeness (QED) is 0.868. The van der Waals surface area contributed by atoms with Crippen LogP contribution in [0.5, 0.6) is 0 Å². The molecule has 20 heavy (non-hydrogen) atoms. The van der Waals surface area contributed by atoms with Crippen molar-refractivity contribution in [2.45, 2.75) is 34.1 Å². The Balaban J connectivity index is 2.77. The van der Waals surface area contributed by atoms with Crippen LogP contribution in [-0.2, 0) is 16.0 Å². The molecule has 1 rings (SSSR count). The Morgan fingerprint density at radius 1 is 1.30 bits per heavy atom. The molecule has 0 saturated carbocycles. The zero-order chi connectivity index (χ0) is 15.3. The van der Waals surface area contributed by atoms with Crippen molar-refractivity contribution in [1.29, 1.82) is 0 Å². The third-order valence-electron chi connectivity index (χ3n) is 3.50. The summed E-state index contributed by atoms with van der Waals surface area (Å²) in [5.74, 6) is -1.44. The number of hydrogen-bond acceptors (Lipinski definition) is 2. The van der Waals surface area contributed by atoms with Gasteiger partial charge in [-0.1, -0.05) is 30.7 Å². The number of hydrogen-bond donors (Lipinski definition) is 1. The van der Waals surface area contributed by atoms with Crippen molar-refractivity contribution in [2.75, 3.05) is 13.1 Å². The molecular formula is C16H23NO3. The fraction of sp³-hybridized carbons (Fsp3) is 0.500. The van der Waals surface area contributed by atoms with Gasteiger partial charge in [0.2, 0.25) is 5.91 Å². The lowest BCUT2D eigenvalue weighted by Gasteiger charge is -2.23. The van der Waals surface area contributed by atoms with Gasteiger partial charge < -0.3 is 10.0 Å². The van der Waals surface area contributed by atoms with Gasteiger partial charge in [0.15, 0.2) is 0 Å².